The molecule has 27 heavy (non-hydrogen) atoms. The Hall–Kier alpha value is -1.61. The normalized spacial score (nSPS) is 22.6. The molecule has 2 fully saturated rings. The van der Waals surface area contributed by atoms with Gasteiger partial charge in [-0.05, 0) is 45.3 Å². The summed E-state index contributed by atoms with van der Waals surface area (Å²) in [4.78, 5) is 14.6. The van der Waals surface area contributed by atoms with Crippen molar-refractivity contribution in [3.8, 4) is 0 Å². The molecule has 8 heteroatoms. The van der Waals surface area contributed by atoms with Crippen LogP contribution in [0.3, 0.4) is 0 Å². The van der Waals surface area contributed by atoms with E-state index in [1.165, 1.54) is 0 Å². The second-order valence-electron chi connectivity index (χ2n) is 8.29. The summed E-state index contributed by atoms with van der Waals surface area (Å²) in [6.45, 7) is 12.8. The molecule has 146 valence electrons. The molecule has 4 rings (SSSR count). The molecule has 0 saturated carbocycles. The standard InChI is InChI=1S/C19H27BN2O5/c1-18(2)19(3,4)27-20(26-18)14-5-6-16-15(13-14)22(17(23)25-16)8-7-21-9-11-24-12-10-21/h5-6,13H,7-12H2,1-4H3. The van der Waals surface area contributed by atoms with Crippen molar-refractivity contribution >= 4 is 23.7 Å². The van der Waals surface area contributed by atoms with Crippen LogP contribution in [0.4, 0.5) is 0 Å². The van der Waals surface area contributed by atoms with Crippen molar-refractivity contribution in [3.63, 3.8) is 0 Å². The van der Waals surface area contributed by atoms with Gasteiger partial charge in [-0.1, -0.05) is 6.07 Å². The molecule has 3 heterocycles. The lowest BCUT2D eigenvalue weighted by Gasteiger charge is -2.32. The van der Waals surface area contributed by atoms with Crippen LogP contribution < -0.4 is 11.2 Å². The molecule has 2 aliphatic heterocycles. The van der Waals surface area contributed by atoms with Gasteiger partial charge in [0.2, 0.25) is 0 Å². The van der Waals surface area contributed by atoms with Gasteiger partial charge in [-0.2, -0.15) is 0 Å². The average molecular weight is 374 g/mol. The van der Waals surface area contributed by atoms with Crippen LogP contribution in [0.5, 0.6) is 0 Å². The minimum Gasteiger partial charge on any atom is -0.408 e. The fraction of sp³-hybridized carbons (Fsp3) is 0.632. The van der Waals surface area contributed by atoms with Gasteiger partial charge in [0.25, 0.3) is 0 Å². The molecule has 2 saturated heterocycles. The van der Waals surface area contributed by atoms with Crippen molar-refractivity contribution < 1.29 is 18.5 Å². The maximum atomic E-state index is 12.3. The number of ether oxygens (including phenoxy) is 1. The van der Waals surface area contributed by atoms with E-state index in [-0.39, 0.29) is 5.76 Å². The van der Waals surface area contributed by atoms with Crippen LogP contribution in [0.1, 0.15) is 27.7 Å². The van der Waals surface area contributed by atoms with Crippen molar-refractivity contribution in [3.05, 3.63) is 28.7 Å². The molecule has 7 nitrogen and oxygen atoms in total. The summed E-state index contributed by atoms with van der Waals surface area (Å²) in [6, 6.07) is 5.67. The molecule has 2 aromatic rings. The third kappa shape index (κ3) is 3.47. The van der Waals surface area contributed by atoms with Gasteiger partial charge in [0, 0.05) is 26.2 Å². The monoisotopic (exact) mass is 374 g/mol. The minimum absolute atomic E-state index is 0.329. The second-order valence-corrected chi connectivity index (χ2v) is 8.29. The highest BCUT2D eigenvalue weighted by Crippen LogP contribution is 2.36. The number of benzene rings is 1. The van der Waals surface area contributed by atoms with Gasteiger partial charge in [-0.15, -0.1) is 0 Å². The average Bonchev–Trinajstić information content (AvgIpc) is 3.05. The summed E-state index contributed by atoms with van der Waals surface area (Å²) in [7, 11) is -0.461. The maximum absolute atomic E-state index is 12.3. The predicted octanol–water partition coefficient (Wildman–Crippen LogP) is 1.23. The van der Waals surface area contributed by atoms with E-state index < -0.39 is 18.3 Å². The van der Waals surface area contributed by atoms with Crippen LogP contribution in [-0.2, 0) is 20.6 Å². The molecule has 2 aliphatic rings. The molecule has 1 aromatic carbocycles. The maximum Gasteiger partial charge on any atom is 0.494 e. The Morgan fingerprint density at radius 1 is 1.04 bits per heavy atom. The molecule has 0 aliphatic carbocycles. The van der Waals surface area contributed by atoms with Gasteiger partial charge in [-0.3, -0.25) is 9.47 Å². The van der Waals surface area contributed by atoms with E-state index in [2.05, 4.69) is 4.90 Å². The zero-order valence-electron chi connectivity index (χ0n) is 16.5. The number of hydrogen-bond donors (Lipinski definition) is 0. The van der Waals surface area contributed by atoms with Crippen LogP contribution in [-0.4, -0.2) is 60.6 Å². The Bertz CT molecular complexity index is 866. The molecular formula is C19H27BN2O5. The molecule has 0 radical (unpaired) electrons. The molecule has 0 bridgehead atoms. The Labute approximate surface area is 159 Å². The minimum atomic E-state index is -0.461. The number of aromatic nitrogens is 1. The highest BCUT2D eigenvalue weighted by molar-refractivity contribution is 6.62. The largest absolute Gasteiger partial charge is 0.494 e. The molecule has 0 amide bonds. The van der Waals surface area contributed by atoms with Gasteiger partial charge >= 0.3 is 12.9 Å². The number of morpholine rings is 1. The lowest BCUT2D eigenvalue weighted by molar-refractivity contribution is 0.00578. The Morgan fingerprint density at radius 2 is 1.70 bits per heavy atom. The van der Waals surface area contributed by atoms with E-state index >= 15 is 0 Å². The van der Waals surface area contributed by atoms with Crippen LogP contribution in [0.25, 0.3) is 11.1 Å². The lowest BCUT2D eigenvalue weighted by Crippen LogP contribution is -2.41. The van der Waals surface area contributed by atoms with Crippen molar-refractivity contribution in [1.82, 2.24) is 9.47 Å². The third-order valence-corrected chi connectivity index (χ3v) is 5.96. The first-order chi connectivity index (χ1) is 12.8. The van der Waals surface area contributed by atoms with Crippen LogP contribution >= 0.6 is 0 Å². The number of hydrogen-bond acceptors (Lipinski definition) is 6. The molecule has 0 atom stereocenters. The fourth-order valence-corrected chi connectivity index (χ4v) is 3.48. The van der Waals surface area contributed by atoms with E-state index in [1.807, 2.05) is 45.9 Å². The molecule has 0 unspecified atom stereocenters. The van der Waals surface area contributed by atoms with Crippen molar-refractivity contribution in [1.29, 1.82) is 0 Å². The van der Waals surface area contributed by atoms with Crippen LogP contribution in [0, 0.1) is 0 Å². The van der Waals surface area contributed by atoms with E-state index in [9.17, 15) is 4.79 Å². The first kappa shape index (κ1) is 18.7. The first-order valence-electron chi connectivity index (χ1n) is 9.56. The van der Waals surface area contributed by atoms with Gasteiger partial charge in [0.1, 0.15) is 0 Å². The molecule has 0 N–H and O–H groups in total. The third-order valence-electron chi connectivity index (χ3n) is 5.96. The fourth-order valence-electron chi connectivity index (χ4n) is 3.48. The van der Waals surface area contributed by atoms with E-state index in [0.29, 0.717) is 12.1 Å². The van der Waals surface area contributed by atoms with E-state index in [0.717, 1.165) is 43.8 Å². The second kappa shape index (κ2) is 6.77. The number of fused-ring (bicyclic) bond motifs is 1. The number of nitrogens with zero attached hydrogens (tertiary/aromatic N) is 2. The topological polar surface area (TPSA) is 66.1 Å². The zero-order chi connectivity index (χ0) is 19.2. The molecule has 0 spiro atoms. The van der Waals surface area contributed by atoms with Crippen LogP contribution in [0.2, 0.25) is 0 Å². The highest BCUT2D eigenvalue weighted by Gasteiger charge is 2.51. The number of rotatable bonds is 4. The van der Waals surface area contributed by atoms with Crippen molar-refractivity contribution in [2.45, 2.75) is 45.4 Å². The molecule has 1 aromatic heterocycles. The lowest BCUT2D eigenvalue weighted by atomic mass is 9.79. The SMILES string of the molecule is CC1(C)OB(c2ccc3oc(=O)n(CCN4CCOCC4)c3c2)OC1(C)C. The first-order valence-corrected chi connectivity index (χ1v) is 9.56. The highest BCUT2D eigenvalue weighted by atomic mass is 16.7. The predicted molar refractivity (Wildman–Crippen MR) is 103 cm³/mol. The summed E-state index contributed by atoms with van der Waals surface area (Å²) in [6.07, 6.45) is 0. The summed E-state index contributed by atoms with van der Waals surface area (Å²) in [5.41, 5.74) is 1.45. The van der Waals surface area contributed by atoms with Gasteiger partial charge < -0.3 is 18.5 Å². The van der Waals surface area contributed by atoms with Crippen LogP contribution in [0.15, 0.2) is 27.4 Å². The summed E-state index contributed by atoms with van der Waals surface area (Å²) in [5.74, 6) is -0.329. The summed E-state index contributed by atoms with van der Waals surface area (Å²) >= 11 is 0. The zero-order valence-corrected chi connectivity index (χ0v) is 16.5. The van der Waals surface area contributed by atoms with Crippen molar-refractivity contribution in [2.24, 2.45) is 0 Å². The van der Waals surface area contributed by atoms with Gasteiger partial charge in [0.15, 0.2) is 5.58 Å². The summed E-state index contributed by atoms with van der Waals surface area (Å²) < 4.78 is 24.8. The van der Waals surface area contributed by atoms with Gasteiger partial charge in [0.05, 0.1) is 29.9 Å². The summed E-state index contributed by atoms with van der Waals surface area (Å²) in [5, 5.41) is 0. The van der Waals surface area contributed by atoms with E-state index in [1.54, 1.807) is 4.57 Å². The van der Waals surface area contributed by atoms with Crippen molar-refractivity contribution in [2.75, 3.05) is 32.8 Å². The smallest absolute Gasteiger partial charge is 0.408 e. The van der Waals surface area contributed by atoms with Gasteiger partial charge in [-0.25, -0.2) is 4.79 Å². The Balaban J connectivity index is 1.59. The Morgan fingerprint density at radius 3 is 2.37 bits per heavy atom. The van der Waals surface area contributed by atoms with E-state index in [4.69, 9.17) is 18.5 Å². The quantitative estimate of drug-likeness (QED) is 0.750. The number of oxazole rings is 1. The molecular weight excluding hydrogens is 347 g/mol. The Kier molecular flexibility index (Phi) is 4.70.